The molecule has 2 aliphatic heterocycles. The van der Waals surface area contributed by atoms with E-state index in [1.807, 2.05) is 32.0 Å². The smallest absolute Gasteiger partial charge is 0.355 e. The zero-order valence-electron chi connectivity index (χ0n) is 17.7. The van der Waals surface area contributed by atoms with Gasteiger partial charge in [0.15, 0.2) is 0 Å². The predicted octanol–water partition coefficient (Wildman–Crippen LogP) is 3.11. The van der Waals surface area contributed by atoms with E-state index in [9.17, 15) is 14.4 Å². The van der Waals surface area contributed by atoms with Gasteiger partial charge in [0.2, 0.25) is 5.91 Å². The van der Waals surface area contributed by atoms with E-state index in [1.54, 1.807) is 28.2 Å². The summed E-state index contributed by atoms with van der Waals surface area (Å²) >= 11 is 0. The lowest BCUT2D eigenvalue weighted by Gasteiger charge is -2.32. The number of carbonyl (C=O) groups is 3. The van der Waals surface area contributed by atoms with Crippen LogP contribution in [0.25, 0.3) is 0 Å². The summed E-state index contributed by atoms with van der Waals surface area (Å²) in [7, 11) is 2.52. The number of hydrogen-bond donors (Lipinski definition) is 0. The second-order valence-electron chi connectivity index (χ2n) is 7.38. The van der Waals surface area contributed by atoms with Gasteiger partial charge in [-0.05, 0) is 42.7 Å². The van der Waals surface area contributed by atoms with Crippen molar-refractivity contribution in [2.45, 2.75) is 26.7 Å². The molecule has 0 fully saturated rings. The van der Waals surface area contributed by atoms with Gasteiger partial charge in [-0.1, -0.05) is 26.0 Å². The minimum absolute atomic E-state index is 0.0480. The van der Waals surface area contributed by atoms with Crippen LogP contribution in [0.15, 0.2) is 53.9 Å². The molecule has 0 aliphatic carbocycles. The Hall–Kier alpha value is -3.35. The molecule has 1 aromatic rings. The van der Waals surface area contributed by atoms with Crippen LogP contribution in [0, 0.1) is 5.92 Å². The summed E-state index contributed by atoms with van der Waals surface area (Å²) in [6.45, 7) is 4.41. The minimum atomic E-state index is -0.667. The SMILES string of the molecule is COC(=O)C1=C(C(=O)OC)N(c2ccc3c(c2)N(C(=O)C(C)C)CCC3)C=CC=C1. The molecular formula is C23H26N2O5. The van der Waals surface area contributed by atoms with Gasteiger partial charge in [-0.25, -0.2) is 9.59 Å². The molecule has 7 nitrogen and oxygen atoms in total. The second-order valence-corrected chi connectivity index (χ2v) is 7.38. The Kier molecular flexibility index (Phi) is 6.40. The van der Waals surface area contributed by atoms with Crippen LogP contribution in [-0.4, -0.2) is 38.6 Å². The average molecular weight is 410 g/mol. The number of allylic oxidation sites excluding steroid dienone is 2. The van der Waals surface area contributed by atoms with Crippen LogP contribution < -0.4 is 9.80 Å². The van der Waals surface area contributed by atoms with Gasteiger partial charge in [0.25, 0.3) is 0 Å². The van der Waals surface area contributed by atoms with Gasteiger partial charge in [0.05, 0.1) is 19.8 Å². The topological polar surface area (TPSA) is 76.2 Å². The minimum Gasteiger partial charge on any atom is -0.465 e. The van der Waals surface area contributed by atoms with Crippen LogP contribution in [0.1, 0.15) is 25.8 Å². The van der Waals surface area contributed by atoms with Gasteiger partial charge >= 0.3 is 11.9 Å². The maximum Gasteiger partial charge on any atom is 0.355 e. The Morgan fingerprint density at radius 3 is 2.43 bits per heavy atom. The number of amides is 1. The number of rotatable bonds is 4. The first-order valence-corrected chi connectivity index (χ1v) is 9.88. The Balaban J connectivity index is 2.14. The summed E-state index contributed by atoms with van der Waals surface area (Å²) < 4.78 is 9.80. The molecule has 30 heavy (non-hydrogen) atoms. The molecule has 1 amide bonds. The lowest BCUT2D eigenvalue weighted by molar-refractivity contribution is -0.139. The van der Waals surface area contributed by atoms with E-state index in [0.717, 1.165) is 24.1 Å². The number of methoxy groups -OCH3 is 2. The highest BCUT2D eigenvalue weighted by Gasteiger charge is 2.29. The molecule has 1 aromatic carbocycles. The average Bonchev–Trinajstić information content (AvgIpc) is 2.99. The number of benzene rings is 1. The summed E-state index contributed by atoms with van der Waals surface area (Å²) in [6, 6.07) is 5.71. The molecule has 0 spiro atoms. The van der Waals surface area contributed by atoms with Crippen molar-refractivity contribution < 1.29 is 23.9 Å². The fourth-order valence-corrected chi connectivity index (χ4v) is 3.62. The quantitative estimate of drug-likeness (QED) is 0.710. The van der Waals surface area contributed by atoms with Crippen molar-refractivity contribution in [3.8, 4) is 0 Å². The van der Waals surface area contributed by atoms with E-state index in [0.29, 0.717) is 12.2 Å². The molecule has 0 N–H and O–H groups in total. The molecule has 2 aliphatic rings. The van der Waals surface area contributed by atoms with Crippen molar-refractivity contribution in [1.29, 1.82) is 0 Å². The number of fused-ring (bicyclic) bond motifs is 1. The largest absolute Gasteiger partial charge is 0.465 e. The molecule has 0 saturated heterocycles. The van der Waals surface area contributed by atoms with E-state index < -0.39 is 11.9 Å². The molecule has 0 aromatic heterocycles. The van der Waals surface area contributed by atoms with Gasteiger partial charge in [0, 0.05) is 30.0 Å². The highest BCUT2D eigenvalue weighted by Crippen LogP contribution is 2.35. The van der Waals surface area contributed by atoms with E-state index in [2.05, 4.69) is 0 Å². The number of carbonyl (C=O) groups excluding carboxylic acids is 3. The molecular weight excluding hydrogens is 384 g/mol. The summed E-state index contributed by atoms with van der Waals surface area (Å²) in [5, 5.41) is 0. The van der Waals surface area contributed by atoms with Gasteiger partial charge in [-0.2, -0.15) is 0 Å². The highest BCUT2D eigenvalue weighted by atomic mass is 16.5. The van der Waals surface area contributed by atoms with E-state index >= 15 is 0 Å². The molecule has 158 valence electrons. The zero-order valence-corrected chi connectivity index (χ0v) is 17.7. The molecule has 7 heteroatoms. The molecule has 0 unspecified atom stereocenters. The first kappa shape index (κ1) is 21.4. The fraction of sp³-hybridized carbons (Fsp3) is 0.348. The molecule has 0 atom stereocenters. The summed E-state index contributed by atoms with van der Waals surface area (Å²) in [4.78, 5) is 41.1. The van der Waals surface area contributed by atoms with Crippen LogP contribution in [0.2, 0.25) is 0 Å². The Morgan fingerprint density at radius 2 is 1.77 bits per heavy atom. The lowest BCUT2D eigenvalue weighted by atomic mass is 9.99. The first-order chi connectivity index (χ1) is 14.4. The number of aryl methyl sites for hydroxylation is 1. The Morgan fingerprint density at radius 1 is 1.03 bits per heavy atom. The number of nitrogens with zero attached hydrogens (tertiary/aromatic N) is 2. The van der Waals surface area contributed by atoms with Crippen molar-refractivity contribution in [1.82, 2.24) is 0 Å². The molecule has 3 rings (SSSR count). The first-order valence-electron chi connectivity index (χ1n) is 9.88. The molecule has 0 bridgehead atoms. The van der Waals surface area contributed by atoms with Crippen LogP contribution in [0.4, 0.5) is 11.4 Å². The maximum absolute atomic E-state index is 12.7. The van der Waals surface area contributed by atoms with Gasteiger partial charge in [-0.15, -0.1) is 0 Å². The second kappa shape index (κ2) is 8.98. The third kappa shape index (κ3) is 4.01. The maximum atomic E-state index is 12.7. The molecule has 0 radical (unpaired) electrons. The predicted molar refractivity (Wildman–Crippen MR) is 114 cm³/mol. The summed E-state index contributed by atoms with van der Waals surface area (Å²) in [6.07, 6.45) is 8.34. The van der Waals surface area contributed by atoms with E-state index in [1.165, 1.54) is 20.3 Å². The van der Waals surface area contributed by atoms with Crippen LogP contribution in [0.3, 0.4) is 0 Å². The lowest BCUT2D eigenvalue weighted by Crippen LogP contribution is -2.38. The van der Waals surface area contributed by atoms with Gasteiger partial charge in [-0.3, -0.25) is 4.79 Å². The van der Waals surface area contributed by atoms with E-state index in [-0.39, 0.29) is 23.1 Å². The van der Waals surface area contributed by atoms with Crippen molar-refractivity contribution in [2.24, 2.45) is 5.92 Å². The molecule has 2 heterocycles. The normalized spacial score (nSPS) is 15.8. The monoisotopic (exact) mass is 410 g/mol. The van der Waals surface area contributed by atoms with Crippen LogP contribution in [-0.2, 0) is 30.3 Å². The zero-order chi connectivity index (χ0) is 21.8. The van der Waals surface area contributed by atoms with Crippen molar-refractivity contribution in [2.75, 3.05) is 30.6 Å². The third-order valence-electron chi connectivity index (χ3n) is 5.11. The standard InChI is InChI=1S/C23H26N2O5/c1-15(2)21(26)25-13-7-8-16-10-11-17(14-19(16)25)24-12-6-5-9-18(22(27)29-3)20(24)23(28)30-4/h5-6,9-12,14-15H,7-8,13H2,1-4H3. The fourth-order valence-electron chi connectivity index (χ4n) is 3.62. The summed E-state index contributed by atoms with van der Waals surface area (Å²) in [5.74, 6) is -1.38. The van der Waals surface area contributed by atoms with Gasteiger partial charge in [0.1, 0.15) is 5.70 Å². The van der Waals surface area contributed by atoms with Crippen LogP contribution >= 0.6 is 0 Å². The van der Waals surface area contributed by atoms with Crippen molar-refractivity contribution in [3.63, 3.8) is 0 Å². The number of hydrogen-bond acceptors (Lipinski definition) is 6. The third-order valence-corrected chi connectivity index (χ3v) is 5.11. The Bertz CT molecular complexity index is 958. The highest BCUT2D eigenvalue weighted by molar-refractivity contribution is 6.05. The summed E-state index contributed by atoms with van der Waals surface area (Å²) in [5.41, 5.74) is 2.67. The number of esters is 2. The van der Waals surface area contributed by atoms with Crippen molar-refractivity contribution in [3.05, 3.63) is 59.5 Å². The Labute approximate surface area is 176 Å². The number of ether oxygens (including phenoxy) is 2. The number of anilines is 2. The van der Waals surface area contributed by atoms with Crippen LogP contribution in [0.5, 0.6) is 0 Å². The van der Waals surface area contributed by atoms with Gasteiger partial charge < -0.3 is 19.3 Å². The molecule has 0 saturated carbocycles. The van der Waals surface area contributed by atoms with Crippen molar-refractivity contribution >= 4 is 29.2 Å². The van der Waals surface area contributed by atoms with E-state index in [4.69, 9.17) is 9.47 Å².